The lowest BCUT2D eigenvalue weighted by Crippen LogP contribution is -2.57. The minimum atomic E-state index is -1.22. The van der Waals surface area contributed by atoms with Crippen LogP contribution in [0.5, 0.6) is 11.5 Å². The lowest BCUT2D eigenvalue weighted by Gasteiger charge is -2.37. The largest absolute Gasteiger partial charge is 0.493 e. The van der Waals surface area contributed by atoms with Crippen molar-refractivity contribution in [2.45, 2.75) is 44.6 Å². The number of anilines is 1. The fourth-order valence-electron chi connectivity index (χ4n) is 3.45. The summed E-state index contributed by atoms with van der Waals surface area (Å²) in [4.78, 5) is 24.3. The standard InChI is InChI=1S/C20H30N2O6/c1-4-14-7-9-20(10-8-14,18(23)24)22-19(25)21-15-5-6-16(27-3)17(13-15)28-12-11-26-2/h5-6,13-14H,4,7-12H2,1-3H3,(H,23,24)(H2,21,22,25). The molecule has 0 unspecified atom stereocenters. The van der Waals surface area contributed by atoms with Crippen molar-refractivity contribution in [3.8, 4) is 11.5 Å². The van der Waals surface area contributed by atoms with Crippen LogP contribution in [0, 0.1) is 5.92 Å². The highest BCUT2D eigenvalue weighted by molar-refractivity contribution is 5.94. The number of methoxy groups -OCH3 is 2. The van der Waals surface area contributed by atoms with Crippen LogP contribution in [-0.2, 0) is 9.53 Å². The van der Waals surface area contributed by atoms with E-state index >= 15 is 0 Å². The predicted molar refractivity (Wildman–Crippen MR) is 105 cm³/mol. The van der Waals surface area contributed by atoms with Crippen LogP contribution < -0.4 is 20.1 Å². The van der Waals surface area contributed by atoms with Gasteiger partial charge >= 0.3 is 12.0 Å². The summed E-state index contributed by atoms with van der Waals surface area (Å²) in [5.41, 5.74) is -0.742. The summed E-state index contributed by atoms with van der Waals surface area (Å²) in [5, 5.41) is 15.1. The van der Waals surface area contributed by atoms with E-state index < -0.39 is 17.5 Å². The van der Waals surface area contributed by atoms with E-state index in [0.717, 1.165) is 19.3 Å². The number of rotatable bonds is 9. The van der Waals surface area contributed by atoms with Crippen LogP contribution in [0.15, 0.2) is 18.2 Å². The third kappa shape index (κ3) is 5.51. The van der Waals surface area contributed by atoms with Crippen LogP contribution in [0.4, 0.5) is 10.5 Å². The van der Waals surface area contributed by atoms with Crippen molar-refractivity contribution in [1.82, 2.24) is 5.32 Å². The number of nitrogens with one attached hydrogen (secondary N) is 2. The number of carbonyl (C=O) groups excluding carboxylic acids is 1. The first-order chi connectivity index (χ1) is 13.4. The van der Waals surface area contributed by atoms with Gasteiger partial charge in [0.25, 0.3) is 0 Å². The molecule has 3 N–H and O–H groups in total. The van der Waals surface area contributed by atoms with Crippen molar-refractivity contribution in [2.24, 2.45) is 5.92 Å². The first-order valence-corrected chi connectivity index (χ1v) is 9.56. The summed E-state index contributed by atoms with van der Waals surface area (Å²) in [6.07, 6.45) is 3.48. The van der Waals surface area contributed by atoms with Gasteiger partial charge in [0, 0.05) is 18.9 Å². The van der Waals surface area contributed by atoms with Crippen molar-refractivity contribution < 1.29 is 28.9 Å². The lowest BCUT2D eigenvalue weighted by atomic mass is 9.75. The van der Waals surface area contributed by atoms with E-state index in [2.05, 4.69) is 17.6 Å². The predicted octanol–water partition coefficient (Wildman–Crippen LogP) is 3.27. The molecular formula is C20H30N2O6. The number of ether oxygens (including phenoxy) is 3. The second-order valence-corrected chi connectivity index (χ2v) is 7.02. The maximum absolute atomic E-state index is 12.5. The summed E-state index contributed by atoms with van der Waals surface area (Å²) in [6.45, 7) is 2.86. The molecule has 1 saturated carbocycles. The Balaban J connectivity index is 2.04. The van der Waals surface area contributed by atoms with Gasteiger partial charge < -0.3 is 30.0 Å². The zero-order valence-electron chi connectivity index (χ0n) is 16.7. The van der Waals surface area contributed by atoms with E-state index in [-0.39, 0.29) is 0 Å². The molecule has 8 nitrogen and oxygen atoms in total. The van der Waals surface area contributed by atoms with Crippen LogP contribution in [0.3, 0.4) is 0 Å². The highest BCUT2D eigenvalue weighted by atomic mass is 16.5. The third-order valence-electron chi connectivity index (χ3n) is 5.26. The molecule has 28 heavy (non-hydrogen) atoms. The van der Waals surface area contributed by atoms with Gasteiger partial charge in [0.2, 0.25) is 0 Å². The molecule has 2 amide bonds. The van der Waals surface area contributed by atoms with Gasteiger partial charge in [-0.1, -0.05) is 13.3 Å². The van der Waals surface area contributed by atoms with Crippen molar-refractivity contribution in [3.63, 3.8) is 0 Å². The number of carboxylic acid groups (broad SMARTS) is 1. The molecule has 8 heteroatoms. The van der Waals surface area contributed by atoms with E-state index in [9.17, 15) is 14.7 Å². The summed E-state index contributed by atoms with van der Waals surface area (Å²) >= 11 is 0. The molecule has 0 aromatic heterocycles. The van der Waals surface area contributed by atoms with Crippen LogP contribution in [-0.4, -0.2) is 50.1 Å². The van der Waals surface area contributed by atoms with Gasteiger partial charge in [0.1, 0.15) is 12.1 Å². The van der Waals surface area contributed by atoms with Crippen molar-refractivity contribution in [1.29, 1.82) is 0 Å². The summed E-state index contributed by atoms with van der Waals surface area (Å²) in [7, 11) is 3.11. The van der Waals surface area contributed by atoms with Gasteiger partial charge in [-0.05, 0) is 43.7 Å². The second kappa shape index (κ2) is 10.2. The fourth-order valence-corrected chi connectivity index (χ4v) is 3.45. The molecule has 156 valence electrons. The molecule has 1 aromatic carbocycles. The minimum Gasteiger partial charge on any atom is -0.493 e. The highest BCUT2D eigenvalue weighted by Gasteiger charge is 2.43. The topological polar surface area (TPSA) is 106 Å². The molecule has 1 fully saturated rings. The van der Waals surface area contributed by atoms with E-state index in [1.54, 1.807) is 25.3 Å². The summed E-state index contributed by atoms with van der Waals surface area (Å²) in [5.74, 6) is 0.525. The Morgan fingerprint density at radius 1 is 1.18 bits per heavy atom. The van der Waals surface area contributed by atoms with Crippen LogP contribution in [0.2, 0.25) is 0 Å². The molecule has 0 radical (unpaired) electrons. The zero-order valence-corrected chi connectivity index (χ0v) is 16.7. The zero-order chi connectivity index (χ0) is 20.6. The van der Waals surface area contributed by atoms with E-state index in [0.29, 0.717) is 49.2 Å². The Kier molecular flexibility index (Phi) is 7.92. The molecular weight excluding hydrogens is 364 g/mol. The number of hydrogen-bond donors (Lipinski definition) is 3. The molecule has 0 bridgehead atoms. The van der Waals surface area contributed by atoms with Gasteiger partial charge in [0.15, 0.2) is 11.5 Å². The molecule has 0 spiro atoms. The average Bonchev–Trinajstić information content (AvgIpc) is 2.68. The molecule has 1 aromatic rings. The number of aliphatic carboxylic acids is 1. The molecule has 1 aliphatic carbocycles. The van der Waals surface area contributed by atoms with Gasteiger partial charge in [0.05, 0.1) is 13.7 Å². The fraction of sp³-hybridized carbons (Fsp3) is 0.600. The Bertz CT molecular complexity index is 671. The first-order valence-electron chi connectivity index (χ1n) is 9.56. The normalized spacial score (nSPS) is 21.6. The van der Waals surface area contributed by atoms with Gasteiger partial charge in [-0.25, -0.2) is 9.59 Å². The van der Waals surface area contributed by atoms with Gasteiger partial charge in [-0.3, -0.25) is 0 Å². The Morgan fingerprint density at radius 2 is 1.89 bits per heavy atom. The van der Waals surface area contributed by atoms with E-state index in [4.69, 9.17) is 14.2 Å². The first kappa shape index (κ1) is 21.8. The minimum absolute atomic E-state index is 0.337. The maximum Gasteiger partial charge on any atom is 0.329 e. The number of benzene rings is 1. The number of amides is 2. The molecule has 0 atom stereocenters. The van der Waals surface area contributed by atoms with Crippen LogP contribution in [0.1, 0.15) is 39.0 Å². The summed E-state index contributed by atoms with van der Waals surface area (Å²) < 4.78 is 15.8. The van der Waals surface area contributed by atoms with Gasteiger partial charge in [-0.2, -0.15) is 0 Å². The van der Waals surface area contributed by atoms with Crippen molar-refractivity contribution in [3.05, 3.63) is 18.2 Å². The van der Waals surface area contributed by atoms with E-state index in [1.807, 2.05) is 0 Å². The van der Waals surface area contributed by atoms with Crippen LogP contribution in [0.25, 0.3) is 0 Å². The second-order valence-electron chi connectivity index (χ2n) is 7.02. The molecule has 0 saturated heterocycles. The third-order valence-corrected chi connectivity index (χ3v) is 5.26. The van der Waals surface area contributed by atoms with Crippen molar-refractivity contribution >= 4 is 17.7 Å². The van der Waals surface area contributed by atoms with Crippen LogP contribution >= 0.6 is 0 Å². The number of carbonyl (C=O) groups is 2. The SMILES string of the molecule is CCC1CCC(NC(=O)Nc2ccc(OC)c(OCCOC)c2)(C(=O)O)CC1. The number of hydrogen-bond acceptors (Lipinski definition) is 5. The monoisotopic (exact) mass is 394 g/mol. The van der Waals surface area contributed by atoms with E-state index in [1.165, 1.54) is 7.11 Å². The van der Waals surface area contributed by atoms with Gasteiger partial charge in [-0.15, -0.1) is 0 Å². The smallest absolute Gasteiger partial charge is 0.329 e. The number of urea groups is 1. The highest BCUT2D eigenvalue weighted by Crippen LogP contribution is 2.34. The molecule has 0 aliphatic heterocycles. The molecule has 1 aliphatic rings. The Hall–Kier alpha value is -2.48. The summed E-state index contributed by atoms with van der Waals surface area (Å²) in [6, 6.07) is 4.43. The van der Waals surface area contributed by atoms with Crippen molar-refractivity contribution in [2.75, 3.05) is 32.8 Å². The maximum atomic E-state index is 12.5. The Labute approximate surface area is 165 Å². The molecule has 2 rings (SSSR count). The lowest BCUT2D eigenvalue weighted by molar-refractivity contribution is -0.146. The quantitative estimate of drug-likeness (QED) is 0.555. The average molecular weight is 394 g/mol. The number of carboxylic acids is 1. The Morgan fingerprint density at radius 3 is 2.46 bits per heavy atom. The molecule has 0 heterocycles.